The summed E-state index contributed by atoms with van der Waals surface area (Å²) < 4.78 is 0. The van der Waals surface area contributed by atoms with Crippen LogP contribution >= 0.6 is 11.8 Å². The second-order valence-corrected chi connectivity index (χ2v) is 4.52. The third-order valence-corrected chi connectivity index (χ3v) is 3.45. The van der Waals surface area contributed by atoms with Gasteiger partial charge in [0.25, 0.3) is 0 Å². The topological polar surface area (TPSA) is 53.1 Å². The van der Waals surface area contributed by atoms with Gasteiger partial charge < -0.3 is 10.1 Å². The fraction of sp³-hybridized carbons (Fsp3) is 0.250. The monoisotopic (exact) mass is 235 g/mol. The second-order valence-electron chi connectivity index (χ2n) is 3.70. The van der Waals surface area contributed by atoms with Crippen molar-refractivity contribution in [2.75, 3.05) is 6.26 Å². The van der Waals surface area contributed by atoms with E-state index in [2.05, 4.69) is 4.98 Å². The van der Waals surface area contributed by atoms with Gasteiger partial charge in [-0.3, -0.25) is 4.79 Å². The number of fused-ring (bicyclic) bond motifs is 1. The Morgan fingerprint density at radius 2 is 2.25 bits per heavy atom. The van der Waals surface area contributed by atoms with E-state index in [9.17, 15) is 4.79 Å². The molecule has 3 nitrogen and oxygen atoms in total. The Bertz CT molecular complexity index is 545. The summed E-state index contributed by atoms with van der Waals surface area (Å²) in [6.07, 6.45) is 2.02. The van der Waals surface area contributed by atoms with Gasteiger partial charge in [-0.25, -0.2) is 0 Å². The number of hydrogen-bond donors (Lipinski definition) is 2. The Balaban J connectivity index is 2.67. The van der Waals surface area contributed by atoms with E-state index in [-0.39, 0.29) is 6.42 Å². The van der Waals surface area contributed by atoms with Crippen LogP contribution in [0.25, 0.3) is 10.9 Å². The molecule has 2 N–H and O–H groups in total. The third kappa shape index (κ3) is 1.80. The van der Waals surface area contributed by atoms with Gasteiger partial charge in [-0.2, -0.15) is 0 Å². The van der Waals surface area contributed by atoms with Crippen LogP contribution in [0, 0.1) is 6.92 Å². The summed E-state index contributed by atoms with van der Waals surface area (Å²) >= 11 is 1.59. The molecule has 0 aliphatic rings. The first-order chi connectivity index (χ1) is 7.63. The summed E-state index contributed by atoms with van der Waals surface area (Å²) in [6.45, 7) is 2.04. The lowest BCUT2D eigenvalue weighted by Gasteiger charge is -2.00. The molecule has 16 heavy (non-hydrogen) atoms. The van der Waals surface area contributed by atoms with Crippen LogP contribution in [0.1, 0.15) is 11.3 Å². The number of carbonyl (C=O) groups is 1. The van der Waals surface area contributed by atoms with E-state index < -0.39 is 5.97 Å². The van der Waals surface area contributed by atoms with Gasteiger partial charge in [-0.15, -0.1) is 11.8 Å². The Morgan fingerprint density at radius 1 is 1.50 bits per heavy atom. The van der Waals surface area contributed by atoms with Crippen molar-refractivity contribution in [3.8, 4) is 0 Å². The summed E-state index contributed by atoms with van der Waals surface area (Å²) in [6, 6.07) is 6.00. The first-order valence-electron chi connectivity index (χ1n) is 4.99. The number of hydrogen-bond acceptors (Lipinski definition) is 2. The molecule has 0 aliphatic heterocycles. The lowest BCUT2D eigenvalue weighted by Crippen LogP contribution is -2.01. The van der Waals surface area contributed by atoms with E-state index in [4.69, 9.17) is 5.11 Å². The molecule has 0 fully saturated rings. The van der Waals surface area contributed by atoms with Gasteiger partial charge >= 0.3 is 5.97 Å². The summed E-state index contributed by atoms with van der Waals surface area (Å²) in [7, 11) is 0. The van der Waals surface area contributed by atoms with Crippen molar-refractivity contribution < 1.29 is 9.90 Å². The van der Waals surface area contributed by atoms with Crippen LogP contribution in [0.15, 0.2) is 23.1 Å². The zero-order valence-corrected chi connectivity index (χ0v) is 10.0. The van der Waals surface area contributed by atoms with Gasteiger partial charge in [0, 0.05) is 21.5 Å². The van der Waals surface area contributed by atoms with E-state index >= 15 is 0 Å². The SMILES string of the molecule is CSc1c(CC(=O)O)[nH]c2cccc(C)c12. The molecule has 2 rings (SSSR count). The van der Waals surface area contributed by atoms with Gasteiger partial charge in [0.15, 0.2) is 0 Å². The van der Waals surface area contributed by atoms with Crippen molar-refractivity contribution in [2.24, 2.45) is 0 Å². The Kier molecular flexibility index (Phi) is 2.92. The van der Waals surface area contributed by atoms with Crippen LogP contribution in [0.3, 0.4) is 0 Å². The van der Waals surface area contributed by atoms with Crippen molar-refractivity contribution in [3.63, 3.8) is 0 Å². The van der Waals surface area contributed by atoms with Gasteiger partial charge in [0.2, 0.25) is 0 Å². The Morgan fingerprint density at radius 3 is 2.88 bits per heavy atom. The zero-order chi connectivity index (χ0) is 11.7. The van der Waals surface area contributed by atoms with E-state index in [0.717, 1.165) is 21.5 Å². The number of aromatic amines is 1. The minimum atomic E-state index is -0.806. The lowest BCUT2D eigenvalue weighted by molar-refractivity contribution is -0.136. The fourth-order valence-corrected chi connectivity index (χ4v) is 2.79. The van der Waals surface area contributed by atoms with Gasteiger partial charge in [0.05, 0.1) is 6.42 Å². The minimum absolute atomic E-state index is 0.0459. The molecule has 0 spiro atoms. The normalized spacial score (nSPS) is 10.9. The number of carboxylic acid groups (broad SMARTS) is 1. The fourth-order valence-electron chi connectivity index (χ4n) is 1.94. The number of H-pyrrole nitrogens is 1. The van der Waals surface area contributed by atoms with Crippen molar-refractivity contribution in [2.45, 2.75) is 18.2 Å². The molecule has 0 aliphatic carbocycles. The quantitative estimate of drug-likeness (QED) is 0.804. The Hall–Kier alpha value is -1.42. The number of nitrogens with one attached hydrogen (secondary N) is 1. The molecule has 1 aromatic heterocycles. The number of carboxylic acids is 1. The van der Waals surface area contributed by atoms with Crippen LogP contribution in [-0.4, -0.2) is 22.3 Å². The van der Waals surface area contributed by atoms with Crippen molar-refractivity contribution in [1.29, 1.82) is 0 Å². The van der Waals surface area contributed by atoms with E-state index in [1.165, 1.54) is 5.56 Å². The molecule has 2 aromatic rings. The first-order valence-corrected chi connectivity index (χ1v) is 6.22. The van der Waals surface area contributed by atoms with Crippen LogP contribution in [0.2, 0.25) is 0 Å². The number of benzene rings is 1. The number of aromatic nitrogens is 1. The molecule has 0 radical (unpaired) electrons. The highest BCUT2D eigenvalue weighted by molar-refractivity contribution is 7.98. The molecule has 0 saturated carbocycles. The molecule has 0 amide bonds. The van der Waals surface area contributed by atoms with Crippen molar-refractivity contribution in [3.05, 3.63) is 29.5 Å². The summed E-state index contributed by atoms with van der Waals surface area (Å²) in [5.74, 6) is -0.806. The predicted molar refractivity (Wildman–Crippen MR) is 66.2 cm³/mol. The van der Waals surface area contributed by atoms with Gasteiger partial charge in [0.1, 0.15) is 0 Å². The number of thioether (sulfide) groups is 1. The van der Waals surface area contributed by atoms with Gasteiger partial charge in [-0.1, -0.05) is 12.1 Å². The summed E-state index contributed by atoms with van der Waals surface area (Å²) in [5, 5.41) is 10.00. The van der Waals surface area contributed by atoms with Crippen molar-refractivity contribution >= 4 is 28.6 Å². The molecule has 0 saturated heterocycles. The van der Waals surface area contributed by atoms with Gasteiger partial charge in [-0.05, 0) is 24.8 Å². The third-order valence-electron chi connectivity index (χ3n) is 2.59. The molecule has 1 aromatic carbocycles. The van der Waals surface area contributed by atoms with E-state index in [1.54, 1.807) is 11.8 Å². The highest BCUT2D eigenvalue weighted by atomic mass is 32.2. The first kappa shape index (κ1) is 11.1. The summed E-state index contributed by atoms with van der Waals surface area (Å²) in [4.78, 5) is 15.0. The number of aliphatic carboxylic acids is 1. The average molecular weight is 235 g/mol. The highest BCUT2D eigenvalue weighted by Crippen LogP contribution is 2.32. The second kappa shape index (κ2) is 4.22. The molecule has 84 valence electrons. The molecule has 0 atom stereocenters. The largest absolute Gasteiger partial charge is 0.481 e. The minimum Gasteiger partial charge on any atom is -0.481 e. The van der Waals surface area contributed by atoms with Crippen molar-refractivity contribution in [1.82, 2.24) is 4.98 Å². The van der Waals surface area contributed by atoms with Crippen LogP contribution in [-0.2, 0) is 11.2 Å². The van der Waals surface area contributed by atoms with E-state index in [0.29, 0.717) is 0 Å². The van der Waals surface area contributed by atoms with E-state index in [1.807, 2.05) is 31.4 Å². The smallest absolute Gasteiger partial charge is 0.309 e. The molecule has 0 bridgehead atoms. The number of rotatable bonds is 3. The predicted octanol–water partition coefficient (Wildman–Crippen LogP) is 2.83. The maximum absolute atomic E-state index is 10.8. The summed E-state index contributed by atoms with van der Waals surface area (Å²) in [5.41, 5.74) is 2.99. The molecule has 0 unspecified atom stereocenters. The number of aryl methyl sites for hydroxylation is 1. The average Bonchev–Trinajstić information content (AvgIpc) is 2.55. The lowest BCUT2D eigenvalue weighted by atomic mass is 10.1. The van der Waals surface area contributed by atoms with Crippen LogP contribution < -0.4 is 0 Å². The van der Waals surface area contributed by atoms with Crippen LogP contribution in [0.4, 0.5) is 0 Å². The molecule has 1 heterocycles. The molecular weight excluding hydrogens is 222 g/mol. The standard InChI is InChI=1S/C12H13NO2S/c1-7-4-3-5-8-11(7)12(16-2)9(13-8)6-10(14)15/h3-5,13H,6H2,1-2H3,(H,14,15). The maximum Gasteiger partial charge on any atom is 0.309 e. The molecular formula is C12H13NO2S. The van der Waals surface area contributed by atoms with Crippen LogP contribution in [0.5, 0.6) is 0 Å². The zero-order valence-electron chi connectivity index (χ0n) is 9.20. The maximum atomic E-state index is 10.8. The molecule has 4 heteroatoms. The highest BCUT2D eigenvalue weighted by Gasteiger charge is 2.14. The Labute approximate surface area is 97.9 Å².